The molecule has 0 radical (unpaired) electrons. The number of amides is 2. The molecule has 4 rings (SSSR count). The van der Waals surface area contributed by atoms with Crippen molar-refractivity contribution >= 4 is 39.1 Å². The zero-order chi connectivity index (χ0) is 23.4. The minimum Gasteiger partial charge on any atom is -0.355 e. The molecule has 2 aliphatic rings. The number of benzene rings is 1. The first-order valence-electron chi connectivity index (χ1n) is 11.2. The second-order valence-corrected chi connectivity index (χ2v) is 9.64. The van der Waals surface area contributed by atoms with E-state index in [2.05, 4.69) is 15.6 Å². The molecule has 33 heavy (non-hydrogen) atoms. The number of nitro groups is 1. The van der Waals surface area contributed by atoms with Gasteiger partial charge in [-0.3, -0.25) is 19.7 Å². The van der Waals surface area contributed by atoms with Crippen LogP contribution in [0.2, 0.25) is 0 Å². The average Bonchev–Trinajstić information content (AvgIpc) is 3.39. The molecule has 2 fully saturated rings. The summed E-state index contributed by atoms with van der Waals surface area (Å²) in [5, 5.41) is 18.2. The van der Waals surface area contributed by atoms with Crippen LogP contribution < -0.4 is 10.6 Å². The summed E-state index contributed by atoms with van der Waals surface area (Å²) in [5.41, 5.74) is 1.44. The summed E-state index contributed by atoms with van der Waals surface area (Å²) < 4.78 is 1.03. The van der Waals surface area contributed by atoms with Gasteiger partial charge in [-0.05, 0) is 57.2 Å². The molecule has 0 spiro atoms. The van der Waals surface area contributed by atoms with Crippen LogP contribution in [0, 0.1) is 17.0 Å². The summed E-state index contributed by atoms with van der Waals surface area (Å²) in [6.07, 6.45) is 4.93. The topological polar surface area (TPSA) is 121 Å². The fourth-order valence-electron chi connectivity index (χ4n) is 4.30. The number of likely N-dealkylation sites (tertiary alicyclic amines) is 2. The fourth-order valence-corrected chi connectivity index (χ4v) is 5.11. The predicted octanol–water partition coefficient (Wildman–Crippen LogP) is 2.69. The summed E-state index contributed by atoms with van der Waals surface area (Å²) in [5.74, 6) is -0.119. The SMILES string of the molecule is Cc1nc2cc(N/C(=C/[N+](=O)[O-])NC3CCCCN(CC(=O)N4CCCC4)C3=O)ccc2s1. The van der Waals surface area contributed by atoms with Gasteiger partial charge >= 0.3 is 0 Å². The number of fused-ring (bicyclic) bond motifs is 1. The van der Waals surface area contributed by atoms with Crippen molar-refractivity contribution in [1.29, 1.82) is 0 Å². The van der Waals surface area contributed by atoms with Crippen LogP contribution in [0.4, 0.5) is 5.69 Å². The van der Waals surface area contributed by atoms with Crippen molar-refractivity contribution in [2.24, 2.45) is 0 Å². The molecular formula is C22H28N6O4S. The van der Waals surface area contributed by atoms with Gasteiger partial charge in [-0.1, -0.05) is 0 Å². The highest BCUT2D eigenvalue weighted by Gasteiger charge is 2.30. The molecule has 2 amide bonds. The number of anilines is 1. The van der Waals surface area contributed by atoms with E-state index in [0.717, 1.165) is 60.2 Å². The van der Waals surface area contributed by atoms with E-state index in [0.29, 0.717) is 18.7 Å². The first-order valence-corrected chi connectivity index (χ1v) is 12.0. The van der Waals surface area contributed by atoms with Gasteiger partial charge in [0.25, 0.3) is 6.20 Å². The molecular weight excluding hydrogens is 444 g/mol. The quantitative estimate of drug-likeness (QED) is 0.469. The molecule has 2 N–H and O–H groups in total. The smallest absolute Gasteiger partial charge is 0.274 e. The zero-order valence-electron chi connectivity index (χ0n) is 18.6. The molecule has 10 nitrogen and oxygen atoms in total. The third-order valence-electron chi connectivity index (χ3n) is 5.90. The van der Waals surface area contributed by atoms with E-state index in [9.17, 15) is 19.7 Å². The Kier molecular flexibility index (Phi) is 7.07. The summed E-state index contributed by atoms with van der Waals surface area (Å²) in [7, 11) is 0. The minimum absolute atomic E-state index is 0.0347. The summed E-state index contributed by atoms with van der Waals surface area (Å²) in [4.78, 5) is 44.3. The largest absolute Gasteiger partial charge is 0.355 e. The highest BCUT2D eigenvalue weighted by Crippen LogP contribution is 2.25. The predicted molar refractivity (Wildman–Crippen MR) is 126 cm³/mol. The molecule has 176 valence electrons. The van der Waals surface area contributed by atoms with Gasteiger partial charge in [0.1, 0.15) is 6.04 Å². The number of hydrogen-bond donors (Lipinski definition) is 2. The van der Waals surface area contributed by atoms with Gasteiger partial charge in [0.2, 0.25) is 11.8 Å². The van der Waals surface area contributed by atoms with Gasteiger partial charge < -0.3 is 20.4 Å². The Balaban J connectivity index is 1.47. The lowest BCUT2D eigenvalue weighted by atomic mass is 10.1. The summed E-state index contributed by atoms with van der Waals surface area (Å²) in [6.45, 7) is 3.97. The van der Waals surface area contributed by atoms with Crippen molar-refractivity contribution in [2.75, 3.05) is 31.5 Å². The standard InChI is InChI=1S/C22H28N6O4S/c1-15-23-18-12-16(7-8-19(18)33-15)24-20(13-28(31)32)25-17-6-2-3-11-27(22(17)30)14-21(29)26-9-4-5-10-26/h7-8,12-13,17,24-25H,2-6,9-11,14H2,1H3/b20-13-. The van der Waals surface area contributed by atoms with Gasteiger partial charge in [-0.2, -0.15) is 0 Å². The van der Waals surface area contributed by atoms with Crippen LogP contribution in [0.3, 0.4) is 0 Å². The van der Waals surface area contributed by atoms with E-state index in [1.165, 1.54) is 0 Å². The van der Waals surface area contributed by atoms with Crippen LogP contribution in [0.5, 0.6) is 0 Å². The second-order valence-electron chi connectivity index (χ2n) is 8.41. The Morgan fingerprint density at radius 3 is 2.79 bits per heavy atom. The maximum atomic E-state index is 13.2. The maximum Gasteiger partial charge on any atom is 0.274 e. The van der Waals surface area contributed by atoms with Crippen LogP contribution in [0.15, 0.2) is 30.2 Å². The Bertz CT molecular complexity index is 1080. The molecule has 1 aromatic heterocycles. The van der Waals surface area contributed by atoms with E-state index < -0.39 is 11.0 Å². The lowest BCUT2D eigenvalue weighted by Crippen LogP contribution is -2.49. The van der Waals surface area contributed by atoms with Gasteiger partial charge in [0.05, 0.1) is 26.7 Å². The number of carbonyl (C=O) groups excluding carboxylic acids is 2. The molecule has 2 aromatic rings. The highest BCUT2D eigenvalue weighted by atomic mass is 32.1. The van der Waals surface area contributed by atoms with Gasteiger partial charge in [0.15, 0.2) is 5.82 Å². The maximum absolute atomic E-state index is 13.2. The van der Waals surface area contributed by atoms with Gasteiger partial charge in [-0.15, -0.1) is 11.3 Å². The first-order chi connectivity index (χ1) is 15.9. The Hall–Kier alpha value is -3.21. The normalized spacial score (nSPS) is 19.6. The molecule has 1 unspecified atom stereocenters. The van der Waals surface area contributed by atoms with Gasteiger partial charge in [0, 0.05) is 25.3 Å². The van der Waals surface area contributed by atoms with Crippen molar-refractivity contribution in [3.63, 3.8) is 0 Å². The Morgan fingerprint density at radius 1 is 1.27 bits per heavy atom. The van der Waals surface area contributed by atoms with Crippen LogP contribution in [0.1, 0.15) is 37.1 Å². The fraction of sp³-hybridized carbons (Fsp3) is 0.500. The van der Waals surface area contributed by atoms with Crippen LogP contribution in [-0.2, 0) is 9.59 Å². The van der Waals surface area contributed by atoms with E-state index >= 15 is 0 Å². The van der Waals surface area contributed by atoms with E-state index in [4.69, 9.17) is 0 Å². The first kappa shape index (κ1) is 23.0. The number of rotatable bonds is 7. The number of thiazole rings is 1. The number of hydrogen-bond acceptors (Lipinski definition) is 8. The van der Waals surface area contributed by atoms with Crippen LogP contribution in [-0.4, -0.2) is 63.7 Å². The third kappa shape index (κ3) is 5.78. The summed E-state index contributed by atoms with van der Waals surface area (Å²) in [6, 6.07) is 4.91. The van der Waals surface area contributed by atoms with Gasteiger partial charge in [-0.25, -0.2) is 4.98 Å². The van der Waals surface area contributed by atoms with Crippen molar-refractivity contribution in [3.05, 3.63) is 45.3 Å². The van der Waals surface area contributed by atoms with Crippen molar-refractivity contribution < 1.29 is 14.5 Å². The molecule has 11 heteroatoms. The average molecular weight is 473 g/mol. The molecule has 0 bridgehead atoms. The Morgan fingerprint density at radius 2 is 2.03 bits per heavy atom. The molecule has 1 atom stereocenters. The second kappa shape index (κ2) is 10.2. The number of carbonyl (C=O) groups is 2. The van der Waals surface area contributed by atoms with Crippen molar-refractivity contribution in [3.8, 4) is 0 Å². The zero-order valence-corrected chi connectivity index (χ0v) is 19.4. The molecule has 2 saturated heterocycles. The minimum atomic E-state index is -0.650. The number of nitrogens with one attached hydrogen (secondary N) is 2. The van der Waals surface area contributed by atoms with Crippen molar-refractivity contribution in [2.45, 2.75) is 45.1 Å². The number of aryl methyl sites for hydroxylation is 1. The van der Waals surface area contributed by atoms with Crippen molar-refractivity contribution in [1.82, 2.24) is 20.1 Å². The Labute approximate surface area is 195 Å². The molecule has 0 saturated carbocycles. The van der Waals surface area contributed by atoms with E-state index in [-0.39, 0.29) is 24.2 Å². The molecule has 2 aliphatic heterocycles. The molecule has 1 aromatic carbocycles. The highest BCUT2D eigenvalue weighted by molar-refractivity contribution is 7.18. The lowest BCUT2D eigenvalue weighted by molar-refractivity contribution is -0.403. The van der Waals surface area contributed by atoms with Crippen LogP contribution >= 0.6 is 11.3 Å². The van der Waals surface area contributed by atoms with Crippen LogP contribution in [0.25, 0.3) is 10.2 Å². The molecule has 0 aliphatic carbocycles. The monoisotopic (exact) mass is 472 g/mol. The van der Waals surface area contributed by atoms with E-state index in [1.807, 2.05) is 25.1 Å². The number of nitrogens with zero attached hydrogens (tertiary/aromatic N) is 4. The molecule has 3 heterocycles. The van der Waals surface area contributed by atoms with E-state index in [1.54, 1.807) is 21.1 Å². The third-order valence-corrected chi connectivity index (χ3v) is 6.86. The number of aromatic nitrogens is 1. The summed E-state index contributed by atoms with van der Waals surface area (Å²) >= 11 is 1.58. The lowest BCUT2D eigenvalue weighted by Gasteiger charge is -2.27.